The predicted molar refractivity (Wildman–Crippen MR) is 71.5 cm³/mol. The van der Waals surface area contributed by atoms with E-state index in [0.29, 0.717) is 15.8 Å². The number of nitrogens with one attached hydrogen (secondary N) is 1. The number of alkyl halides is 2. The maximum absolute atomic E-state index is 6.09. The molecule has 0 fully saturated rings. The van der Waals surface area contributed by atoms with Gasteiger partial charge < -0.3 is 5.32 Å². The average Bonchev–Trinajstić information content (AvgIpc) is 2.21. The molecule has 1 aromatic heterocycles. The molecule has 84 valence electrons. The smallest absolute Gasteiger partial charge is 0.138 e. The summed E-state index contributed by atoms with van der Waals surface area (Å²) in [4.78, 5) is 8.77. The van der Waals surface area contributed by atoms with Crippen molar-refractivity contribution in [2.45, 2.75) is 18.2 Å². The second-order valence-electron chi connectivity index (χ2n) is 3.09. The highest BCUT2D eigenvalue weighted by atomic mass is 79.9. The van der Waals surface area contributed by atoms with Crippen molar-refractivity contribution in [2.24, 2.45) is 0 Å². The van der Waals surface area contributed by atoms with Crippen molar-refractivity contribution < 1.29 is 0 Å². The second kappa shape index (κ2) is 6.01. The molecule has 1 rings (SSSR count). The van der Waals surface area contributed by atoms with Crippen molar-refractivity contribution >= 4 is 49.3 Å². The van der Waals surface area contributed by atoms with Crippen LogP contribution in [-0.4, -0.2) is 27.2 Å². The van der Waals surface area contributed by atoms with E-state index in [-0.39, 0.29) is 0 Å². The van der Waals surface area contributed by atoms with Crippen LogP contribution in [0.25, 0.3) is 0 Å². The minimum atomic E-state index is 0.327. The number of anilines is 1. The lowest BCUT2D eigenvalue weighted by molar-refractivity contribution is 0.930. The first kappa shape index (κ1) is 13.2. The zero-order valence-corrected chi connectivity index (χ0v) is 12.4. The first-order valence-electron chi connectivity index (χ1n) is 4.49. The highest BCUT2D eigenvalue weighted by Crippen LogP contribution is 2.24. The molecule has 1 aromatic rings. The van der Waals surface area contributed by atoms with Crippen molar-refractivity contribution in [3.63, 3.8) is 0 Å². The summed E-state index contributed by atoms with van der Waals surface area (Å²) in [5, 5.41) is 4.42. The highest BCUT2D eigenvalue weighted by molar-refractivity contribution is 9.12. The van der Waals surface area contributed by atoms with E-state index in [1.165, 1.54) is 0 Å². The van der Waals surface area contributed by atoms with E-state index in [0.717, 1.165) is 23.1 Å². The van der Waals surface area contributed by atoms with Crippen molar-refractivity contribution in [1.82, 2.24) is 9.97 Å². The van der Waals surface area contributed by atoms with Gasteiger partial charge >= 0.3 is 0 Å². The Labute approximate surface area is 111 Å². The molecular weight excluding hydrogens is 345 g/mol. The number of halogens is 3. The monoisotopic (exact) mass is 355 g/mol. The molecule has 0 aliphatic rings. The van der Waals surface area contributed by atoms with E-state index in [1.807, 2.05) is 14.0 Å². The van der Waals surface area contributed by atoms with E-state index >= 15 is 0 Å². The zero-order valence-electron chi connectivity index (χ0n) is 8.52. The van der Waals surface area contributed by atoms with E-state index in [4.69, 9.17) is 11.6 Å². The van der Waals surface area contributed by atoms with E-state index < -0.39 is 0 Å². The number of hydrogen-bond acceptors (Lipinski definition) is 3. The Balaban J connectivity index is 3.04. The Morgan fingerprint density at radius 1 is 1.47 bits per heavy atom. The zero-order chi connectivity index (χ0) is 11.4. The Morgan fingerprint density at radius 2 is 2.13 bits per heavy atom. The van der Waals surface area contributed by atoms with Crippen LogP contribution in [0, 0.1) is 6.92 Å². The topological polar surface area (TPSA) is 37.8 Å². The molecule has 0 amide bonds. The molecule has 0 spiro atoms. The first-order chi connectivity index (χ1) is 7.08. The summed E-state index contributed by atoms with van der Waals surface area (Å²) < 4.78 is 0. The largest absolute Gasteiger partial charge is 0.373 e. The van der Waals surface area contributed by atoms with Crippen LogP contribution in [0.15, 0.2) is 0 Å². The maximum Gasteiger partial charge on any atom is 0.138 e. The number of aryl methyl sites for hydroxylation is 1. The summed E-state index contributed by atoms with van der Waals surface area (Å²) in [6.07, 6.45) is 0.792. The normalized spacial score (nSPS) is 12.6. The van der Waals surface area contributed by atoms with Gasteiger partial charge in [0.1, 0.15) is 16.8 Å². The standard InChI is InChI=1S/C9H12Br2ClN3/c1-5-14-8(12)7(3-6(11)4-10)9(13-2)15-5/h6H,3-4H2,1-2H3,(H,13,14,15)/t6-/m1/s1. The van der Waals surface area contributed by atoms with Gasteiger partial charge in [-0.3, -0.25) is 0 Å². The maximum atomic E-state index is 6.09. The number of aromatic nitrogens is 2. The molecule has 0 saturated carbocycles. The van der Waals surface area contributed by atoms with Gasteiger partial charge in [0.2, 0.25) is 0 Å². The third-order valence-electron chi connectivity index (χ3n) is 1.90. The minimum Gasteiger partial charge on any atom is -0.373 e. The lowest BCUT2D eigenvalue weighted by atomic mass is 10.2. The third kappa shape index (κ3) is 3.57. The lowest BCUT2D eigenvalue weighted by Gasteiger charge is -2.12. The molecule has 3 nitrogen and oxygen atoms in total. The third-order valence-corrected chi connectivity index (χ3v) is 4.51. The SMILES string of the molecule is CNc1nc(C)nc(Cl)c1C[C@@H](Br)CBr. The number of hydrogen-bond donors (Lipinski definition) is 1. The summed E-state index contributed by atoms with van der Waals surface area (Å²) in [6.45, 7) is 1.83. The molecular formula is C9H12Br2ClN3. The van der Waals surface area contributed by atoms with Gasteiger partial charge in [0.25, 0.3) is 0 Å². The van der Waals surface area contributed by atoms with Crippen LogP contribution in [0.5, 0.6) is 0 Å². The van der Waals surface area contributed by atoms with Gasteiger partial charge in [-0.2, -0.15) is 0 Å². The summed E-state index contributed by atoms with van der Waals surface area (Å²) in [5.41, 5.74) is 0.950. The average molecular weight is 357 g/mol. The van der Waals surface area contributed by atoms with Crippen molar-refractivity contribution in [3.05, 3.63) is 16.5 Å². The quantitative estimate of drug-likeness (QED) is 0.664. The fourth-order valence-electron chi connectivity index (χ4n) is 1.23. The van der Waals surface area contributed by atoms with Crippen molar-refractivity contribution in [1.29, 1.82) is 0 Å². The van der Waals surface area contributed by atoms with Crippen molar-refractivity contribution in [3.8, 4) is 0 Å². The van der Waals surface area contributed by atoms with Crippen LogP contribution < -0.4 is 5.32 Å². The molecule has 1 heterocycles. The number of rotatable bonds is 4. The molecule has 1 atom stereocenters. The Hall–Kier alpha value is 0.130. The van der Waals surface area contributed by atoms with Gasteiger partial charge in [-0.05, 0) is 13.3 Å². The fourth-order valence-corrected chi connectivity index (χ4v) is 2.07. The molecule has 15 heavy (non-hydrogen) atoms. The van der Waals surface area contributed by atoms with Gasteiger partial charge in [0.15, 0.2) is 0 Å². The minimum absolute atomic E-state index is 0.327. The molecule has 0 bridgehead atoms. The Bertz CT molecular complexity index is 346. The second-order valence-corrected chi connectivity index (χ2v) is 5.39. The highest BCUT2D eigenvalue weighted by Gasteiger charge is 2.14. The summed E-state index contributed by atoms with van der Waals surface area (Å²) >= 11 is 13.0. The molecule has 0 aliphatic heterocycles. The van der Waals surface area contributed by atoms with Gasteiger partial charge in [-0.1, -0.05) is 43.5 Å². The van der Waals surface area contributed by atoms with Crippen LogP contribution in [0.2, 0.25) is 5.15 Å². The van der Waals surface area contributed by atoms with Crippen LogP contribution in [0.4, 0.5) is 5.82 Å². The summed E-state index contributed by atoms with van der Waals surface area (Å²) in [7, 11) is 1.83. The van der Waals surface area contributed by atoms with Crippen molar-refractivity contribution in [2.75, 3.05) is 17.7 Å². The molecule has 1 N–H and O–H groups in total. The van der Waals surface area contributed by atoms with Gasteiger partial charge in [-0.15, -0.1) is 0 Å². The fraction of sp³-hybridized carbons (Fsp3) is 0.556. The van der Waals surface area contributed by atoms with Gasteiger partial charge in [0, 0.05) is 22.8 Å². The van der Waals surface area contributed by atoms with Crippen LogP contribution in [-0.2, 0) is 6.42 Å². The Morgan fingerprint density at radius 3 is 2.67 bits per heavy atom. The summed E-state index contributed by atoms with van der Waals surface area (Å²) in [6, 6.07) is 0. The lowest BCUT2D eigenvalue weighted by Crippen LogP contribution is -2.10. The van der Waals surface area contributed by atoms with Crippen LogP contribution in [0.1, 0.15) is 11.4 Å². The molecule has 0 saturated heterocycles. The molecule has 0 aliphatic carbocycles. The van der Waals surface area contributed by atoms with E-state index in [2.05, 4.69) is 47.1 Å². The van der Waals surface area contributed by atoms with Gasteiger partial charge in [0.05, 0.1) is 0 Å². The molecule has 0 unspecified atom stereocenters. The molecule has 0 radical (unpaired) electrons. The van der Waals surface area contributed by atoms with Gasteiger partial charge in [-0.25, -0.2) is 9.97 Å². The number of nitrogens with zero attached hydrogens (tertiary/aromatic N) is 2. The summed E-state index contributed by atoms with van der Waals surface area (Å²) in [5.74, 6) is 1.48. The first-order valence-corrected chi connectivity index (χ1v) is 6.90. The van der Waals surface area contributed by atoms with Crippen LogP contribution >= 0.6 is 43.5 Å². The molecule has 6 heteroatoms. The predicted octanol–water partition coefficient (Wildman–Crippen LogP) is 3.18. The van der Waals surface area contributed by atoms with Crippen LogP contribution in [0.3, 0.4) is 0 Å². The Kier molecular flexibility index (Phi) is 5.29. The van der Waals surface area contributed by atoms with E-state index in [1.54, 1.807) is 0 Å². The molecule has 0 aromatic carbocycles. The van der Waals surface area contributed by atoms with E-state index in [9.17, 15) is 0 Å².